The van der Waals surface area contributed by atoms with E-state index in [2.05, 4.69) is 57.3 Å². The second-order valence-electron chi connectivity index (χ2n) is 7.98. The van der Waals surface area contributed by atoms with Gasteiger partial charge in [-0.05, 0) is 73.0 Å². The van der Waals surface area contributed by atoms with E-state index in [1.54, 1.807) is 0 Å². The molecule has 130 valence electrons. The number of hydrogen-bond acceptors (Lipinski definition) is 2. The van der Waals surface area contributed by atoms with Gasteiger partial charge < -0.3 is 10.4 Å². The summed E-state index contributed by atoms with van der Waals surface area (Å²) < 4.78 is 0. The molecule has 0 saturated heterocycles. The maximum Gasteiger partial charge on any atom is 0.122 e. The zero-order chi connectivity index (χ0) is 17.5. The van der Waals surface area contributed by atoms with Crippen molar-refractivity contribution >= 4 is 11.6 Å². The van der Waals surface area contributed by atoms with Crippen molar-refractivity contribution in [1.82, 2.24) is 5.32 Å². The van der Waals surface area contributed by atoms with E-state index >= 15 is 0 Å². The molecule has 0 aliphatic heterocycles. The molecule has 2 nitrogen and oxygen atoms in total. The topological polar surface area (TPSA) is 32.3 Å². The first kappa shape index (κ1) is 17.3. The maximum absolute atomic E-state index is 11.0. The molecular weight excluding hydrogens is 294 g/mol. The molecule has 0 bridgehead atoms. The zero-order valence-corrected chi connectivity index (χ0v) is 15.7. The first-order valence-electron chi connectivity index (χ1n) is 9.33. The molecule has 1 aromatic rings. The SMILES string of the molecule is CNCCc1c(O)c(C(C)C)cc2c1C1=CCC[C@@H](C)[C@]1(C)C=C2. The highest BCUT2D eigenvalue weighted by molar-refractivity contribution is 5.87. The van der Waals surface area contributed by atoms with Crippen molar-refractivity contribution in [2.45, 2.75) is 52.9 Å². The molecule has 24 heavy (non-hydrogen) atoms. The lowest BCUT2D eigenvalue weighted by Crippen LogP contribution is -2.30. The van der Waals surface area contributed by atoms with E-state index in [9.17, 15) is 5.11 Å². The highest BCUT2D eigenvalue weighted by Crippen LogP contribution is 2.54. The predicted octanol–water partition coefficient (Wildman–Crippen LogP) is 5.12. The summed E-state index contributed by atoms with van der Waals surface area (Å²) in [6, 6.07) is 2.20. The first-order chi connectivity index (χ1) is 11.4. The quantitative estimate of drug-likeness (QED) is 0.805. The van der Waals surface area contributed by atoms with Crippen molar-refractivity contribution in [3.05, 3.63) is 40.5 Å². The predicted molar refractivity (Wildman–Crippen MR) is 103 cm³/mol. The molecular formula is C22H31NO. The fourth-order valence-corrected chi connectivity index (χ4v) is 4.31. The molecule has 2 atom stereocenters. The Morgan fingerprint density at radius 3 is 2.79 bits per heavy atom. The highest BCUT2D eigenvalue weighted by Gasteiger charge is 2.39. The lowest BCUT2D eigenvalue weighted by molar-refractivity contribution is 0.332. The second-order valence-corrected chi connectivity index (χ2v) is 7.98. The van der Waals surface area contributed by atoms with Crippen molar-refractivity contribution in [2.24, 2.45) is 11.3 Å². The van der Waals surface area contributed by atoms with Gasteiger partial charge in [-0.15, -0.1) is 0 Å². The molecule has 0 fully saturated rings. The molecule has 0 unspecified atom stereocenters. The fraction of sp³-hybridized carbons (Fsp3) is 0.545. The monoisotopic (exact) mass is 325 g/mol. The Hall–Kier alpha value is -1.54. The molecule has 0 amide bonds. The number of fused-ring (bicyclic) bond motifs is 3. The third kappa shape index (κ3) is 2.61. The Labute approximate surface area is 146 Å². The number of aromatic hydroxyl groups is 1. The van der Waals surface area contributed by atoms with Crippen LogP contribution in [0.15, 0.2) is 18.2 Å². The van der Waals surface area contributed by atoms with E-state index in [4.69, 9.17) is 0 Å². The molecule has 0 heterocycles. The Kier molecular flexibility index (Phi) is 4.61. The van der Waals surface area contributed by atoms with Crippen LogP contribution in [0.2, 0.25) is 0 Å². The molecule has 2 aliphatic carbocycles. The van der Waals surface area contributed by atoms with Crippen molar-refractivity contribution in [1.29, 1.82) is 0 Å². The van der Waals surface area contributed by atoms with Crippen molar-refractivity contribution < 1.29 is 5.11 Å². The van der Waals surface area contributed by atoms with Gasteiger partial charge in [0.1, 0.15) is 5.75 Å². The van der Waals surface area contributed by atoms with E-state index in [-0.39, 0.29) is 5.41 Å². The van der Waals surface area contributed by atoms with Crippen LogP contribution in [-0.2, 0) is 6.42 Å². The number of phenols is 1. The summed E-state index contributed by atoms with van der Waals surface area (Å²) in [7, 11) is 1.97. The minimum Gasteiger partial charge on any atom is -0.507 e. The van der Waals surface area contributed by atoms with E-state index < -0.39 is 0 Å². The van der Waals surface area contributed by atoms with Gasteiger partial charge in [0.05, 0.1) is 0 Å². The lowest BCUT2D eigenvalue weighted by atomic mass is 9.61. The van der Waals surface area contributed by atoms with Crippen LogP contribution in [0.1, 0.15) is 68.7 Å². The highest BCUT2D eigenvalue weighted by atomic mass is 16.3. The number of nitrogens with one attached hydrogen (secondary N) is 1. The van der Waals surface area contributed by atoms with E-state index in [1.165, 1.54) is 23.1 Å². The van der Waals surface area contributed by atoms with Crippen molar-refractivity contribution in [2.75, 3.05) is 13.6 Å². The second kappa shape index (κ2) is 6.40. The van der Waals surface area contributed by atoms with Gasteiger partial charge >= 0.3 is 0 Å². The number of likely N-dealkylation sites (N-methyl/N-ethyl adjacent to an activating group) is 1. The summed E-state index contributed by atoms with van der Waals surface area (Å²) in [5, 5.41) is 14.2. The number of hydrogen-bond donors (Lipinski definition) is 2. The van der Waals surface area contributed by atoms with Crippen LogP contribution in [0.25, 0.3) is 11.6 Å². The minimum absolute atomic E-state index is 0.0887. The van der Waals surface area contributed by atoms with Gasteiger partial charge in [0, 0.05) is 11.0 Å². The van der Waals surface area contributed by atoms with Crippen LogP contribution in [0.3, 0.4) is 0 Å². The van der Waals surface area contributed by atoms with E-state index in [0.29, 0.717) is 17.6 Å². The summed E-state index contributed by atoms with van der Waals surface area (Å²) in [6.45, 7) is 9.91. The number of benzene rings is 1. The van der Waals surface area contributed by atoms with E-state index in [0.717, 1.165) is 30.5 Å². The van der Waals surface area contributed by atoms with Crippen LogP contribution in [0.5, 0.6) is 5.75 Å². The Balaban J connectivity index is 2.25. The lowest BCUT2D eigenvalue weighted by Gasteiger charge is -2.43. The van der Waals surface area contributed by atoms with Crippen LogP contribution in [0.4, 0.5) is 0 Å². The van der Waals surface area contributed by atoms with Gasteiger partial charge in [0.15, 0.2) is 0 Å². The average molecular weight is 325 g/mol. The van der Waals surface area contributed by atoms with E-state index in [1.807, 2.05) is 7.05 Å². The van der Waals surface area contributed by atoms with Crippen molar-refractivity contribution in [3.63, 3.8) is 0 Å². The van der Waals surface area contributed by atoms with Gasteiger partial charge in [-0.2, -0.15) is 0 Å². The smallest absolute Gasteiger partial charge is 0.122 e. The first-order valence-corrected chi connectivity index (χ1v) is 9.33. The van der Waals surface area contributed by atoms with Gasteiger partial charge in [-0.3, -0.25) is 0 Å². The molecule has 1 aromatic carbocycles. The molecule has 2 heteroatoms. The summed E-state index contributed by atoms with van der Waals surface area (Å²) >= 11 is 0. The molecule has 0 aromatic heterocycles. The molecule has 2 N–H and O–H groups in total. The standard InChI is InChI=1S/C22H31NO/c1-14(2)18-13-16-9-11-22(4)15(3)7-6-8-19(22)20(16)17(21(18)24)10-12-23-5/h8-9,11,13-15,23-24H,6-7,10,12H2,1-5H3/t15-,22+/m1/s1. The molecule has 0 spiro atoms. The number of allylic oxidation sites excluding steroid dienone is 3. The zero-order valence-electron chi connectivity index (χ0n) is 15.7. The number of phenolic OH excluding ortho intramolecular Hbond substituents is 1. The van der Waals surface area contributed by atoms with Gasteiger partial charge in [-0.25, -0.2) is 0 Å². The minimum atomic E-state index is 0.0887. The third-order valence-electron chi connectivity index (χ3n) is 6.14. The van der Waals surface area contributed by atoms with Gasteiger partial charge in [0.2, 0.25) is 0 Å². The molecule has 0 radical (unpaired) electrons. The maximum atomic E-state index is 11.0. The number of rotatable bonds is 4. The summed E-state index contributed by atoms with van der Waals surface area (Å²) in [5.41, 5.74) is 6.28. The largest absolute Gasteiger partial charge is 0.507 e. The summed E-state index contributed by atoms with van der Waals surface area (Å²) in [5.74, 6) is 1.46. The van der Waals surface area contributed by atoms with Crippen LogP contribution >= 0.6 is 0 Å². The van der Waals surface area contributed by atoms with Crippen LogP contribution < -0.4 is 5.32 Å². The van der Waals surface area contributed by atoms with Crippen LogP contribution in [0, 0.1) is 11.3 Å². The Morgan fingerprint density at radius 2 is 2.12 bits per heavy atom. The summed E-state index contributed by atoms with van der Waals surface area (Å²) in [4.78, 5) is 0. The fourth-order valence-electron chi connectivity index (χ4n) is 4.31. The Bertz CT molecular complexity index is 698. The van der Waals surface area contributed by atoms with Crippen LogP contribution in [-0.4, -0.2) is 18.7 Å². The van der Waals surface area contributed by atoms with Gasteiger partial charge in [-0.1, -0.05) is 45.9 Å². The Morgan fingerprint density at radius 1 is 1.38 bits per heavy atom. The normalized spacial score (nSPS) is 25.4. The average Bonchev–Trinajstić information content (AvgIpc) is 2.54. The van der Waals surface area contributed by atoms with Crippen molar-refractivity contribution in [3.8, 4) is 5.75 Å². The van der Waals surface area contributed by atoms with Gasteiger partial charge in [0.25, 0.3) is 0 Å². The molecule has 0 saturated carbocycles. The third-order valence-corrected chi connectivity index (χ3v) is 6.14. The summed E-state index contributed by atoms with van der Waals surface area (Å²) in [6.07, 6.45) is 10.3. The molecule has 2 aliphatic rings. The molecule has 3 rings (SSSR count).